The molecule has 0 aliphatic heterocycles. The fourth-order valence-electron chi connectivity index (χ4n) is 1.85. The minimum Gasteiger partial charge on any atom is -0.445 e. The molecule has 5 heteroatoms. The third-order valence-corrected chi connectivity index (χ3v) is 3.06. The van der Waals surface area contributed by atoms with Gasteiger partial charge in [-0.25, -0.2) is 9.78 Å². The van der Waals surface area contributed by atoms with Gasteiger partial charge in [-0.15, -0.1) is 0 Å². The van der Waals surface area contributed by atoms with E-state index in [2.05, 4.69) is 22.1 Å². The van der Waals surface area contributed by atoms with Gasteiger partial charge in [0.1, 0.15) is 18.0 Å². The van der Waals surface area contributed by atoms with Crippen LogP contribution >= 0.6 is 0 Å². The van der Waals surface area contributed by atoms with Crippen LogP contribution in [0.2, 0.25) is 0 Å². The summed E-state index contributed by atoms with van der Waals surface area (Å²) >= 11 is 0. The van der Waals surface area contributed by atoms with Gasteiger partial charge in [-0.1, -0.05) is 42.3 Å². The third kappa shape index (κ3) is 5.93. The number of carbonyl (C=O) groups is 2. The molecule has 1 N–H and O–H groups in total. The lowest BCUT2D eigenvalue weighted by Gasteiger charge is -2.05. The number of hydrogen-bond acceptors (Lipinski definition) is 4. The van der Waals surface area contributed by atoms with E-state index in [1.807, 2.05) is 30.3 Å². The Morgan fingerprint density at radius 2 is 1.92 bits per heavy atom. The molecule has 0 fully saturated rings. The molecule has 122 valence electrons. The third-order valence-electron chi connectivity index (χ3n) is 3.06. The van der Waals surface area contributed by atoms with E-state index < -0.39 is 6.09 Å². The van der Waals surface area contributed by atoms with Gasteiger partial charge in [0.2, 0.25) is 0 Å². The maximum Gasteiger partial charge on any atom is 0.407 e. The van der Waals surface area contributed by atoms with E-state index in [9.17, 15) is 9.59 Å². The van der Waals surface area contributed by atoms with Crippen molar-refractivity contribution in [3.8, 4) is 11.8 Å². The highest BCUT2D eigenvalue weighted by Gasteiger charge is 2.01. The van der Waals surface area contributed by atoms with Crippen LogP contribution in [-0.4, -0.2) is 23.4 Å². The number of hydrogen-bond donors (Lipinski definition) is 1. The van der Waals surface area contributed by atoms with Gasteiger partial charge in [-0.2, -0.15) is 0 Å². The van der Waals surface area contributed by atoms with Crippen molar-refractivity contribution in [1.82, 2.24) is 10.3 Å². The summed E-state index contributed by atoms with van der Waals surface area (Å²) in [5, 5.41) is 2.63. The van der Waals surface area contributed by atoms with Gasteiger partial charge >= 0.3 is 6.09 Å². The zero-order chi connectivity index (χ0) is 17.2. The lowest BCUT2D eigenvalue weighted by Crippen LogP contribution is -2.24. The maximum atomic E-state index is 11.5. The Labute approximate surface area is 141 Å². The van der Waals surface area contributed by atoms with E-state index in [0.717, 1.165) is 5.56 Å². The molecule has 5 nitrogen and oxygen atoms in total. The lowest BCUT2D eigenvalue weighted by atomic mass is 10.2. The van der Waals surface area contributed by atoms with E-state index in [1.165, 1.54) is 6.92 Å². The predicted molar refractivity (Wildman–Crippen MR) is 90.4 cm³/mol. The van der Waals surface area contributed by atoms with Gasteiger partial charge in [0.05, 0.1) is 0 Å². The molecule has 0 saturated heterocycles. The first-order valence-corrected chi connectivity index (χ1v) is 7.56. The Hall–Kier alpha value is -3.13. The number of ketones is 1. The molecule has 0 unspecified atom stereocenters. The topological polar surface area (TPSA) is 68.3 Å². The van der Waals surface area contributed by atoms with Gasteiger partial charge in [0.25, 0.3) is 0 Å². The Morgan fingerprint density at radius 1 is 1.12 bits per heavy atom. The Kier molecular flexibility index (Phi) is 6.54. The van der Waals surface area contributed by atoms with E-state index in [1.54, 1.807) is 18.2 Å². The molecule has 0 aliphatic carbocycles. The second kappa shape index (κ2) is 9.11. The highest BCUT2D eigenvalue weighted by molar-refractivity contribution is 5.92. The molecule has 0 aliphatic rings. The largest absolute Gasteiger partial charge is 0.445 e. The average molecular weight is 322 g/mol. The van der Waals surface area contributed by atoms with Crippen LogP contribution in [0.15, 0.2) is 48.5 Å². The van der Waals surface area contributed by atoms with Crippen LogP contribution in [0.25, 0.3) is 0 Å². The number of Topliss-reactive ketones (excluding diaryl/α,β-unsaturated/α-hetero) is 1. The summed E-state index contributed by atoms with van der Waals surface area (Å²) in [7, 11) is 0. The van der Waals surface area contributed by atoms with Crippen molar-refractivity contribution in [1.29, 1.82) is 0 Å². The zero-order valence-electron chi connectivity index (χ0n) is 13.4. The van der Waals surface area contributed by atoms with Crippen LogP contribution in [0.3, 0.4) is 0 Å². The van der Waals surface area contributed by atoms with Crippen molar-refractivity contribution in [3.05, 3.63) is 65.5 Å². The monoisotopic (exact) mass is 322 g/mol. The number of aromatic nitrogens is 1. The number of rotatable bonds is 5. The summed E-state index contributed by atoms with van der Waals surface area (Å²) in [4.78, 5) is 26.9. The van der Waals surface area contributed by atoms with Crippen LogP contribution in [-0.2, 0) is 11.3 Å². The van der Waals surface area contributed by atoms with E-state index in [0.29, 0.717) is 24.4 Å². The molecule has 24 heavy (non-hydrogen) atoms. The van der Waals surface area contributed by atoms with E-state index in [-0.39, 0.29) is 12.4 Å². The molecule has 1 aromatic carbocycles. The van der Waals surface area contributed by atoms with Crippen molar-refractivity contribution < 1.29 is 14.3 Å². The van der Waals surface area contributed by atoms with Gasteiger partial charge in [-0.05, 0) is 23.6 Å². The highest BCUT2D eigenvalue weighted by Crippen LogP contribution is 2.01. The summed E-state index contributed by atoms with van der Waals surface area (Å²) in [5.74, 6) is 5.67. The predicted octanol–water partition coefficient (Wildman–Crippen LogP) is 2.95. The van der Waals surface area contributed by atoms with Crippen LogP contribution in [0.1, 0.15) is 35.1 Å². The smallest absolute Gasteiger partial charge is 0.407 e. The standard InChI is InChI=1S/C19H18N2O3/c1-15(22)18-12-7-11-17(21-18)10-5-6-13-20-19(23)24-14-16-8-3-2-4-9-16/h2-4,7-9,11-12H,6,13-14H2,1H3,(H,20,23). The molecular weight excluding hydrogens is 304 g/mol. The fourth-order valence-corrected chi connectivity index (χ4v) is 1.85. The SMILES string of the molecule is CC(=O)c1cccc(C#CCCNC(=O)OCc2ccccc2)n1. The summed E-state index contributed by atoms with van der Waals surface area (Å²) in [6.07, 6.45) is -0.00997. The van der Waals surface area contributed by atoms with Crippen molar-refractivity contribution in [2.75, 3.05) is 6.54 Å². The van der Waals surface area contributed by atoms with E-state index >= 15 is 0 Å². The summed E-state index contributed by atoms with van der Waals surface area (Å²) in [6.45, 7) is 2.08. The van der Waals surface area contributed by atoms with Crippen molar-refractivity contribution >= 4 is 11.9 Å². The summed E-state index contributed by atoms with van der Waals surface area (Å²) in [6, 6.07) is 14.6. The minimum atomic E-state index is -0.475. The van der Waals surface area contributed by atoms with Crippen molar-refractivity contribution in [3.63, 3.8) is 0 Å². The molecular formula is C19H18N2O3. The quantitative estimate of drug-likeness (QED) is 0.522. The molecule has 1 heterocycles. The number of nitrogens with one attached hydrogen (secondary N) is 1. The molecule has 0 radical (unpaired) electrons. The Bertz CT molecular complexity index is 761. The molecule has 1 amide bonds. The molecule has 0 saturated carbocycles. The molecule has 2 aromatic rings. The summed E-state index contributed by atoms with van der Waals surface area (Å²) < 4.78 is 5.09. The van der Waals surface area contributed by atoms with E-state index in [4.69, 9.17) is 4.74 Å². The first-order valence-electron chi connectivity index (χ1n) is 7.56. The number of amides is 1. The normalized spacial score (nSPS) is 9.54. The number of pyridine rings is 1. The molecule has 1 aromatic heterocycles. The number of alkyl carbamates (subject to hydrolysis) is 1. The van der Waals surface area contributed by atoms with Gasteiger partial charge < -0.3 is 10.1 Å². The van der Waals surface area contributed by atoms with Crippen molar-refractivity contribution in [2.24, 2.45) is 0 Å². The Balaban J connectivity index is 1.70. The second-order valence-corrected chi connectivity index (χ2v) is 5.00. The van der Waals surface area contributed by atoms with Gasteiger partial charge in [-0.3, -0.25) is 4.79 Å². The van der Waals surface area contributed by atoms with Gasteiger partial charge in [0, 0.05) is 19.9 Å². The van der Waals surface area contributed by atoms with Crippen LogP contribution in [0.4, 0.5) is 4.79 Å². The van der Waals surface area contributed by atoms with Crippen LogP contribution in [0.5, 0.6) is 0 Å². The number of carbonyl (C=O) groups excluding carboxylic acids is 2. The maximum absolute atomic E-state index is 11.5. The minimum absolute atomic E-state index is 0.0959. The van der Waals surface area contributed by atoms with Crippen LogP contribution in [0, 0.1) is 11.8 Å². The van der Waals surface area contributed by atoms with Crippen molar-refractivity contribution in [2.45, 2.75) is 20.0 Å². The van der Waals surface area contributed by atoms with Gasteiger partial charge in [0.15, 0.2) is 5.78 Å². The molecule has 0 atom stereocenters. The van der Waals surface area contributed by atoms with Crippen LogP contribution < -0.4 is 5.32 Å². The molecule has 2 rings (SSSR count). The zero-order valence-corrected chi connectivity index (χ0v) is 13.4. The first-order chi connectivity index (χ1) is 11.6. The lowest BCUT2D eigenvalue weighted by molar-refractivity contribution is 0.101. The second-order valence-electron chi connectivity index (χ2n) is 5.00. The molecule has 0 spiro atoms. The highest BCUT2D eigenvalue weighted by atomic mass is 16.5. The number of nitrogens with zero attached hydrogens (tertiary/aromatic N) is 1. The summed E-state index contributed by atoms with van der Waals surface area (Å²) in [5.41, 5.74) is 1.86. The average Bonchev–Trinajstić information content (AvgIpc) is 2.61. The number of benzene rings is 1. The first kappa shape index (κ1) is 17.2. The fraction of sp³-hybridized carbons (Fsp3) is 0.211. The Morgan fingerprint density at radius 3 is 2.67 bits per heavy atom. The number of ether oxygens (including phenoxy) is 1. The molecule has 0 bridgehead atoms.